The van der Waals surface area contributed by atoms with Gasteiger partial charge >= 0.3 is 0 Å². The van der Waals surface area contributed by atoms with Gasteiger partial charge in [0.15, 0.2) is 0 Å². The van der Waals surface area contributed by atoms with E-state index in [1.807, 2.05) is 18.2 Å². The van der Waals surface area contributed by atoms with E-state index in [0.29, 0.717) is 15.8 Å². The summed E-state index contributed by atoms with van der Waals surface area (Å²) in [6, 6.07) is 10.1. The van der Waals surface area contributed by atoms with Crippen molar-refractivity contribution in [3.05, 3.63) is 58.4 Å². The number of anilines is 1. The fourth-order valence-electron chi connectivity index (χ4n) is 3.24. The number of benzene rings is 1. The fraction of sp³-hybridized carbons (Fsp3) is 0.263. The monoisotopic (exact) mass is 370 g/mol. The zero-order valence-electron chi connectivity index (χ0n) is 13.9. The zero-order chi connectivity index (χ0) is 17.4. The number of fused-ring (bicyclic) bond motifs is 1. The van der Waals surface area contributed by atoms with Gasteiger partial charge in [0.2, 0.25) is 0 Å². The van der Waals surface area contributed by atoms with E-state index < -0.39 is 0 Å². The number of carbonyl (C=O) groups excluding carboxylic acids is 1. The van der Waals surface area contributed by atoms with Crippen LogP contribution in [0, 0.1) is 0 Å². The molecule has 4 rings (SSSR count). The Morgan fingerprint density at radius 2 is 2.24 bits per heavy atom. The summed E-state index contributed by atoms with van der Waals surface area (Å²) in [7, 11) is 2.12. The van der Waals surface area contributed by atoms with Crippen LogP contribution >= 0.6 is 24.0 Å². The number of furan rings is 1. The summed E-state index contributed by atoms with van der Waals surface area (Å²) in [4.78, 5) is 17.2. The predicted molar refractivity (Wildman–Crippen MR) is 105 cm³/mol. The lowest BCUT2D eigenvalue weighted by atomic mass is 9.99. The maximum absolute atomic E-state index is 12.7. The molecule has 6 heteroatoms. The Kier molecular flexibility index (Phi) is 4.39. The van der Waals surface area contributed by atoms with Crippen molar-refractivity contribution in [1.29, 1.82) is 0 Å². The lowest BCUT2D eigenvalue weighted by molar-refractivity contribution is -0.122. The summed E-state index contributed by atoms with van der Waals surface area (Å²) in [5.41, 5.74) is 3.68. The Balaban J connectivity index is 1.57. The molecule has 128 valence electrons. The van der Waals surface area contributed by atoms with Crippen molar-refractivity contribution in [1.82, 2.24) is 4.90 Å². The number of thiocarbonyl (C=S) groups is 1. The molecular weight excluding hydrogens is 352 g/mol. The van der Waals surface area contributed by atoms with Crippen molar-refractivity contribution >= 4 is 46.0 Å². The first-order valence-corrected chi connectivity index (χ1v) is 9.46. The van der Waals surface area contributed by atoms with Crippen molar-refractivity contribution in [3.8, 4) is 0 Å². The van der Waals surface area contributed by atoms with Gasteiger partial charge in [-0.2, -0.15) is 0 Å². The number of amides is 1. The molecule has 2 aliphatic rings. The molecule has 3 heterocycles. The van der Waals surface area contributed by atoms with Gasteiger partial charge in [0, 0.05) is 19.3 Å². The van der Waals surface area contributed by atoms with Gasteiger partial charge < -0.3 is 9.32 Å². The first-order valence-electron chi connectivity index (χ1n) is 8.23. The van der Waals surface area contributed by atoms with Gasteiger partial charge in [-0.25, -0.2) is 0 Å². The van der Waals surface area contributed by atoms with Crippen molar-refractivity contribution in [2.45, 2.75) is 19.4 Å². The summed E-state index contributed by atoms with van der Waals surface area (Å²) in [6.45, 7) is 1.47. The number of carbonyl (C=O) groups is 1. The molecule has 0 saturated carbocycles. The maximum Gasteiger partial charge on any atom is 0.266 e. The van der Waals surface area contributed by atoms with Crippen molar-refractivity contribution in [2.75, 3.05) is 18.5 Å². The minimum Gasteiger partial charge on any atom is -0.467 e. The molecule has 4 nitrogen and oxygen atoms in total. The zero-order valence-corrected chi connectivity index (χ0v) is 15.5. The van der Waals surface area contributed by atoms with Crippen LogP contribution in [0.2, 0.25) is 0 Å². The molecule has 2 aromatic rings. The van der Waals surface area contributed by atoms with Gasteiger partial charge in [0.1, 0.15) is 10.1 Å². The SMILES string of the molecule is CN1CCCc2cc(C=C3SC(=S)N(Cc4ccco4)C3=O)ccc21. The predicted octanol–water partition coefficient (Wildman–Crippen LogP) is 4.06. The van der Waals surface area contributed by atoms with E-state index >= 15 is 0 Å². The molecule has 0 aliphatic carbocycles. The van der Waals surface area contributed by atoms with E-state index in [-0.39, 0.29) is 5.91 Å². The maximum atomic E-state index is 12.7. The second-order valence-electron chi connectivity index (χ2n) is 6.26. The number of thioether (sulfide) groups is 1. The highest BCUT2D eigenvalue weighted by molar-refractivity contribution is 8.26. The molecule has 2 aliphatic heterocycles. The molecule has 0 atom stereocenters. The molecule has 1 aromatic carbocycles. The smallest absolute Gasteiger partial charge is 0.266 e. The Morgan fingerprint density at radius 3 is 3.04 bits per heavy atom. The standard InChI is InChI=1S/C19H18N2O2S2/c1-20-8-2-4-14-10-13(6-7-16(14)20)11-17-18(22)21(19(24)25-17)12-15-5-3-9-23-15/h3,5-7,9-11H,2,4,8,12H2,1H3. The largest absolute Gasteiger partial charge is 0.467 e. The molecule has 1 saturated heterocycles. The average molecular weight is 370 g/mol. The second kappa shape index (κ2) is 6.69. The summed E-state index contributed by atoms with van der Waals surface area (Å²) < 4.78 is 5.91. The van der Waals surface area contributed by atoms with Crippen LogP contribution in [0.5, 0.6) is 0 Å². The summed E-state index contributed by atoms with van der Waals surface area (Å²) in [5.74, 6) is 0.676. The lowest BCUT2D eigenvalue weighted by Crippen LogP contribution is -2.27. The Bertz CT molecular complexity index is 858. The molecule has 1 amide bonds. The molecule has 0 N–H and O–H groups in total. The van der Waals surface area contributed by atoms with Gasteiger partial charge in [0.25, 0.3) is 5.91 Å². The van der Waals surface area contributed by atoms with Crippen molar-refractivity contribution < 1.29 is 9.21 Å². The number of nitrogens with zero attached hydrogens (tertiary/aromatic N) is 2. The fourth-order valence-corrected chi connectivity index (χ4v) is 4.50. The Hall–Kier alpha value is -2.05. The normalized spacial score (nSPS) is 19.0. The highest BCUT2D eigenvalue weighted by atomic mass is 32.2. The molecule has 0 radical (unpaired) electrons. The van der Waals surface area contributed by atoms with Crippen molar-refractivity contribution in [2.24, 2.45) is 0 Å². The van der Waals surface area contributed by atoms with Crippen LogP contribution in [0.4, 0.5) is 5.69 Å². The highest BCUT2D eigenvalue weighted by Gasteiger charge is 2.32. The topological polar surface area (TPSA) is 36.7 Å². The summed E-state index contributed by atoms with van der Waals surface area (Å²) in [5, 5.41) is 0. The van der Waals surface area contributed by atoms with Crippen LogP contribution in [-0.4, -0.2) is 28.7 Å². The van der Waals surface area contributed by atoms with Gasteiger partial charge in [-0.3, -0.25) is 9.69 Å². The van der Waals surface area contributed by atoms with Crippen LogP contribution in [-0.2, 0) is 17.8 Å². The van der Waals surface area contributed by atoms with E-state index in [1.54, 1.807) is 11.2 Å². The minimum absolute atomic E-state index is 0.0544. The van der Waals surface area contributed by atoms with Crippen LogP contribution in [0.1, 0.15) is 23.3 Å². The van der Waals surface area contributed by atoms with Crippen molar-refractivity contribution in [3.63, 3.8) is 0 Å². The molecule has 1 fully saturated rings. The van der Waals surface area contributed by atoms with Gasteiger partial charge in [-0.15, -0.1) is 0 Å². The van der Waals surface area contributed by atoms with Gasteiger partial charge in [-0.1, -0.05) is 30.0 Å². The third kappa shape index (κ3) is 3.24. The first kappa shape index (κ1) is 16.4. The summed E-state index contributed by atoms with van der Waals surface area (Å²) in [6.07, 6.45) is 5.79. The van der Waals surface area contributed by atoms with E-state index in [0.717, 1.165) is 30.7 Å². The van der Waals surface area contributed by atoms with Gasteiger partial charge in [-0.05, 0) is 54.3 Å². The van der Waals surface area contributed by atoms with E-state index in [2.05, 4.69) is 30.1 Å². The summed E-state index contributed by atoms with van der Waals surface area (Å²) >= 11 is 6.73. The molecule has 25 heavy (non-hydrogen) atoms. The van der Waals surface area contributed by atoms with Crippen LogP contribution in [0.15, 0.2) is 45.9 Å². The van der Waals surface area contributed by atoms with E-state index in [4.69, 9.17) is 16.6 Å². The van der Waals surface area contributed by atoms with Gasteiger partial charge in [0.05, 0.1) is 17.7 Å². The lowest BCUT2D eigenvalue weighted by Gasteiger charge is -2.27. The average Bonchev–Trinajstić information content (AvgIpc) is 3.20. The highest BCUT2D eigenvalue weighted by Crippen LogP contribution is 2.35. The minimum atomic E-state index is -0.0544. The number of hydrogen-bond acceptors (Lipinski definition) is 5. The molecule has 0 unspecified atom stereocenters. The number of aryl methyl sites for hydroxylation is 1. The third-order valence-corrected chi connectivity index (χ3v) is 5.90. The molecule has 0 spiro atoms. The Morgan fingerprint density at radius 1 is 1.36 bits per heavy atom. The molecule has 1 aromatic heterocycles. The van der Waals surface area contributed by atoms with E-state index in [1.165, 1.54) is 23.0 Å². The van der Waals surface area contributed by atoms with Crippen LogP contribution in [0.25, 0.3) is 6.08 Å². The quantitative estimate of drug-likeness (QED) is 0.601. The van der Waals surface area contributed by atoms with Crippen LogP contribution < -0.4 is 4.90 Å². The number of rotatable bonds is 3. The number of hydrogen-bond donors (Lipinski definition) is 0. The first-order chi connectivity index (χ1) is 12.1. The molecular formula is C19H18N2O2S2. The third-order valence-electron chi connectivity index (χ3n) is 4.52. The Labute approximate surface area is 156 Å². The molecule has 0 bridgehead atoms. The second-order valence-corrected chi connectivity index (χ2v) is 7.94. The van der Waals surface area contributed by atoms with Crippen LogP contribution in [0.3, 0.4) is 0 Å². The van der Waals surface area contributed by atoms with E-state index in [9.17, 15) is 4.79 Å².